The van der Waals surface area contributed by atoms with E-state index in [1.54, 1.807) is 12.0 Å². The summed E-state index contributed by atoms with van der Waals surface area (Å²) in [6.07, 6.45) is 1.94. The summed E-state index contributed by atoms with van der Waals surface area (Å²) >= 11 is 1.40. The number of nitrogens with zero attached hydrogens (tertiary/aromatic N) is 2. The van der Waals surface area contributed by atoms with E-state index in [-0.39, 0.29) is 5.91 Å². The van der Waals surface area contributed by atoms with Gasteiger partial charge in [0.2, 0.25) is 0 Å². The van der Waals surface area contributed by atoms with Gasteiger partial charge < -0.3 is 4.74 Å². The summed E-state index contributed by atoms with van der Waals surface area (Å²) in [6, 6.07) is 24.2. The molecule has 1 amide bonds. The number of hydrogen-bond acceptors (Lipinski definition) is 4. The number of carbonyl (C=O) groups is 1. The average molecular weight is 493 g/mol. The van der Waals surface area contributed by atoms with Crippen LogP contribution in [0.2, 0.25) is 0 Å². The maximum Gasteiger partial charge on any atom is 0.271 e. The van der Waals surface area contributed by atoms with E-state index in [2.05, 4.69) is 45.0 Å². The van der Waals surface area contributed by atoms with Crippen LogP contribution in [0.3, 0.4) is 0 Å². The van der Waals surface area contributed by atoms with Gasteiger partial charge in [0.25, 0.3) is 5.91 Å². The molecule has 1 aliphatic heterocycles. The number of aliphatic imine (C=N–C) groups is 1. The standard InChI is InChI=1S/C31H28N2O2S/c1-19-10-8-14-26(21(19)3)32-31-33(27-15-9-11-20(2)22(27)4)30(34)29(36-31)18-25-24-13-7-6-12-23(24)16-17-28(25)35-5/h6-18H,1-5H3/b29-18-,32-31?. The highest BCUT2D eigenvalue weighted by Gasteiger charge is 2.36. The van der Waals surface area contributed by atoms with Gasteiger partial charge >= 0.3 is 0 Å². The second-order valence-corrected chi connectivity index (χ2v) is 10.00. The maximum absolute atomic E-state index is 14.0. The van der Waals surface area contributed by atoms with Gasteiger partial charge in [-0.1, -0.05) is 54.6 Å². The Morgan fingerprint density at radius 1 is 0.833 bits per heavy atom. The van der Waals surface area contributed by atoms with Gasteiger partial charge in [-0.15, -0.1) is 0 Å². The van der Waals surface area contributed by atoms with Crippen LogP contribution in [0.25, 0.3) is 16.8 Å². The van der Waals surface area contributed by atoms with Crippen molar-refractivity contribution in [1.29, 1.82) is 0 Å². The number of hydrogen-bond donors (Lipinski definition) is 0. The van der Waals surface area contributed by atoms with E-state index in [9.17, 15) is 4.79 Å². The number of methoxy groups -OCH3 is 1. The Hall–Kier alpha value is -3.83. The van der Waals surface area contributed by atoms with Crippen molar-refractivity contribution in [2.75, 3.05) is 12.0 Å². The van der Waals surface area contributed by atoms with E-state index < -0.39 is 0 Å². The van der Waals surface area contributed by atoms with Crippen LogP contribution in [0.5, 0.6) is 5.75 Å². The molecule has 0 unspecified atom stereocenters. The summed E-state index contributed by atoms with van der Waals surface area (Å²) in [5.41, 5.74) is 7.07. The molecule has 4 aromatic rings. The first-order chi connectivity index (χ1) is 17.4. The van der Waals surface area contributed by atoms with Gasteiger partial charge in [0.1, 0.15) is 5.75 Å². The first-order valence-electron chi connectivity index (χ1n) is 11.9. The normalized spacial score (nSPS) is 15.9. The second-order valence-electron chi connectivity index (χ2n) is 8.99. The van der Waals surface area contributed by atoms with Crippen LogP contribution in [0.1, 0.15) is 27.8 Å². The first-order valence-corrected chi connectivity index (χ1v) is 12.7. The fraction of sp³-hybridized carbons (Fsp3) is 0.161. The summed E-state index contributed by atoms with van der Waals surface area (Å²) in [7, 11) is 1.66. The lowest BCUT2D eigenvalue weighted by atomic mass is 10.0. The smallest absolute Gasteiger partial charge is 0.271 e. The van der Waals surface area contributed by atoms with Crippen molar-refractivity contribution in [2.45, 2.75) is 27.7 Å². The number of fused-ring (bicyclic) bond motifs is 1. The van der Waals surface area contributed by atoms with E-state index in [1.807, 2.05) is 61.5 Å². The summed E-state index contributed by atoms with van der Waals surface area (Å²) < 4.78 is 5.69. The molecular formula is C31H28N2O2S. The van der Waals surface area contributed by atoms with Gasteiger partial charge in [0, 0.05) is 5.56 Å². The number of carbonyl (C=O) groups excluding carboxylic acids is 1. The Labute approximate surface area is 216 Å². The monoisotopic (exact) mass is 492 g/mol. The van der Waals surface area contributed by atoms with Crippen molar-refractivity contribution in [2.24, 2.45) is 4.99 Å². The van der Waals surface area contributed by atoms with Gasteiger partial charge in [-0.25, -0.2) is 4.99 Å². The molecule has 0 bridgehead atoms. The Bertz CT molecular complexity index is 1570. The number of benzene rings is 4. The fourth-order valence-electron chi connectivity index (χ4n) is 4.43. The minimum absolute atomic E-state index is 0.0901. The molecule has 0 aromatic heterocycles. The van der Waals surface area contributed by atoms with Crippen LogP contribution in [-0.4, -0.2) is 18.2 Å². The lowest BCUT2D eigenvalue weighted by Gasteiger charge is -2.19. The van der Waals surface area contributed by atoms with Crippen LogP contribution in [-0.2, 0) is 4.79 Å². The highest BCUT2D eigenvalue weighted by Crippen LogP contribution is 2.41. The SMILES string of the molecule is COc1ccc2ccccc2c1/C=C1\SC(=Nc2cccc(C)c2C)N(c2cccc(C)c2C)C1=O. The zero-order chi connectivity index (χ0) is 25.4. The van der Waals surface area contributed by atoms with Crippen LogP contribution < -0.4 is 9.64 Å². The predicted octanol–water partition coefficient (Wildman–Crippen LogP) is 7.89. The highest BCUT2D eigenvalue weighted by atomic mass is 32.2. The molecule has 5 rings (SSSR count). The first kappa shape index (κ1) is 23.9. The molecule has 180 valence electrons. The van der Waals surface area contributed by atoms with Crippen molar-refractivity contribution < 1.29 is 9.53 Å². The highest BCUT2D eigenvalue weighted by molar-refractivity contribution is 8.19. The number of amides is 1. The predicted molar refractivity (Wildman–Crippen MR) is 152 cm³/mol. The van der Waals surface area contributed by atoms with E-state index in [0.717, 1.165) is 50.2 Å². The molecular weight excluding hydrogens is 464 g/mol. The molecule has 1 aliphatic rings. The third-order valence-corrected chi connectivity index (χ3v) is 7.81. The molecule has 1 saturated heterocycles. The molecule has 4 nitrogen and oxygen atoms in total. The molecule has 5 heteroatoms. The third kappa shape index (κ3) is 4.20. The lowest BCUT2D eigenvalue weighted by molar-refractivity contribution is -0.113. The quantitative estimate of drug-likeness (QED) is 0.272. The maximum atomic E-state index is 14.0. The topological polar surface area (TPSA) is 41.9 Å². The Kier molecular flexibility index (Phi) is 6.42. The Morgan fingerprint density at radius 3 is 2.33 bits per heavy atom. The van der Waals surface area contributed by atoms with Crippen LogP contribution in [0, 0.1) is 27.7 Å². The number of thioether (sulfide) groups is 1. The van der Waals surface area contributed by atoms with Gasteiger partial charge in [0.15, 0.2) is 5.17 Å². The van der Waals surface area contributed by atoms with Crippen molar-refractivity contribution in [1.82, 2.24) is 0 Å². The molecule has 4 aromatic carbocycles. The number of amidine groups is 1. The molecule has 0 radical (unpaired) electrons. The Balaban J connectivity index is 1.71. The van der Waals surface area contributed by atoms with E-state index >= 15 is 0 Å². The minimum atomic E-state index is -0.0901. The number of anilines is 1. The molecule has 1 fully saturated rings. The van der Waals surface area contributed by atoms with E-state index in [4.69, 9.17) is 9.73 Å². The van der Waals surface area contributed by atoms with Crippen LogP contribution in [0.15, 0.2) is 82.7 Å². The lowest BCUT2D eigenvalue weighted by Crippen LogP contribution is -2.29. The van der Waals surface area contributed by atoms with Gasteiger partial charge in [-0.2, -0.15) is 0 Å². The molecule has 1 heterocycles. The third-order valence-electron chi connectivity index (χ3n) is 6.84. The minimum Gasteiger partial charge on any atom is -0.496 e. The number of aryl methyl sites for hydroxylation is 2. The summed E-state index contributed by atoms with van der Waals surface area (Å²) in [6.45, 7) is 8.25. The molecule has 0 saturated carbocycles. The van der Waals surface area contributed by atoms with Gasteiger partial charge in [-0.3, -0.25) is 9.69 Å². The van der Waals surface area contributed by atoms with Gasteiger partial charge in [0.05, 0.1) is 23.4 Å². The molecule has 36 heavy (non-hydrogen) atoms. The summed E-state index contributed by atoms with van der Waals surface area (Å²) in [4.78, 5) is 21.3. The number of ether oxygens (including phenoxy) is 1. The van der Waals surface area contributed by atoms with Crippen molar-refractivity contribution in [3.05, 3.63) is 106 Å². The van der Waals surface area contributed by atoms with Crippen molar-refractivity contribution >= 4 is 51.1 Å². The zero-order valence-corrected chi connectivity index (χ0v) is 21.9. The molecule has 0 N–H and O–H groups in total. The van der Waals surface area contributed by atoms with Gasteiger partial charge in [-0.05, 0) is 96.8 Å². The second kappa shape index (κ2) is 9.67. The summed E-state index contributed by atoms with van der Waals surface area (Å²) in [5, 5.41) is 2.78. The zero-order valence-electron chi connectivity index (χ0n) is 21.1. The Morgan fingerprint density at radius 2 is 1.56 bits per heavy atom. The largest absolute Gasteiger partial charge is 0.496 e. The van der Waals surface area contributed by atoms with E-state index in [0.29, 0.717) is 10.1 Å². The van der Waals surface area contributed by atoms with E-state index in [1.165, 1.54) is 17.3 Å². The van der Waals surface area contributed by atoms with Crippen LogP contribution in [0.4, 0.5) is 11.4 Å². The van der Waals surface area contributed by atoms with Crippen LogP contribution >= 0.6 is 11.8 Å². The summed E-state index contributed by atoms with van der Waals surface area (Å²) in [5.74, 6) is 0.639. The molecule has 0 atom stereocenters. The molecule has 0 spiro atoms. The fourth-order valence-corrected chi connectivity index (χ4v) is 5.40. The molecule has 0 aliphatic carbocycles. The van der Waals surface area contributed by atoms with Crippen molar-refractivity contribution in [3.8, 4) is 5.75 Å². The number of rotatable bonds is 4. The average Bonchev–Trinajstić information content (AvgIpc) is 3.18. The van der Waals surface area contributed by atoms with Crippen molar-refractivity contribution in [3.63, 3.8) is 0 Å².